The van der Waals surface area contributed by atoms with Gasteiger partial charge in [0, 0.05) is 25.6 Å². The van der Waals surface area contributed by atoms with Crippen molar-refractivity contribution < 1.29 is 18.3 Å². The van der Waals surface area contributed by atoms with Crippen LogP contribution in [0.15, 0.2) is 23.6 Å². The maximum Gasteiger partial charge on any atom is 0.322 e. The Morgan fingerprint density at radius 2 is 2.13 bits per heavy atom. The lowest BCUT2D eigenvalue weighted by Gasteiger charge is -2.13. The number of nitrogens with one attached hydrogen (secondary N) is 2. The molecule has 2 rings (SSSR count). The van der Waals surface area contributed by atoms with E-state index in [1.165, 1.54) is 17.1 Å². The molecular weight excluding hydrogens is 322 g/mol. The number of imidazole rings is 1. The Labute approximate surface area is 133 Å². The van der Waals surface area contributed by atoms with Crippen molar-refractivity contribution in [3.8, 4) is 0 Å². The summed E-state index contributed by atoms with van der Waals surface area (Å²) in [6, 6.07) is -1.30. The Balaban J connectivity index is 2.18. The van der Waals surface area contributed by atoms with Gasteiger partial charge in [0.15, 0.2) is 5.03 Å². The summed E-state index contributed by atoms with van der Waals surface area (Å²) < 4.78 is 28.3. The van der Waals surface area contributed by atoms with Crippen molar-refractivity contribution in [3.63, 3.8) is 0 Å². The zero-order valence-electron chi connectivity index (χ0n) is 13.0. The van der Waals surface area contributed by atoms with Gasteiger partial charge in [0.25, 0.3) is 10.0 Å². The van der Waals surface area contributed by atoms with Crippen molar-refractivity contribution in [2.75, 3.05) is 0 Å². The molecule has 9 nitrogen and oxygen atoms in total. The molecule has 0 saturated heterocycles. The van der Waals surface area contributed by atoms with Crippen LogP contribution < -0.4 is 4.72 Å². The Morgan fingerprint density at radius 1 is 1.43 bits per heavy atom. The van der Waals surface area contributed by atoms with Crippen molar-refractivity contribution in [1.29, 1.82) is 0 Å². The van der Waals surface area contributed by atoms with Gasteiger partial charge in [-0.15, -0.1) is 0 Å². The van der Waals surface area contributed by atoms with Crippen LogP contribution in [-0.2, 0) is 28.3 Å². The molecule has 23 heavy (non-hydrogen) atoms. The third kappa shape index (κ3) is 4.17. The first kappa shape index (κ1) is 17.2. The van der Waals surface area contributed by atoms with Gasteiger partial charge in [-0.2, -0.15) is 9.82 Å². The molecule has 2 heterocycles. The minimum atomic E-state index is -4.01. The molecule has 0 amide bonds. The number of aryl methyl sites for hydroxylation is 1. The molecule has 0 saturated carbocycles. The lowest BCUT2D eigenvalue weighted by atomic mass is 10.1. The van der Waals surface area contributed by atoms with E-state index in [0.29, 0.717) is 11.4 Å². The van der Waals surface area contributed by atoms with E-state index in [9.17, 15) is 18.3 Å². The summed E-state index contributed by atoms with van der Waals surface area (Å²) in [6.45, 7) is 3.73. The number of carbonyl (C=O) groups is 1. The van der Waals surface area contributed by atoms with E-state index < -0.39 is 22.0 Å². The molecule has 126 valence electrons. The zero-order chi connectivity index (χ0) is 17.2. The highest BCUT2D eigenvalue weighted by atomic mass is 32.2. The average molecular weight is 341 g/mol. The number of aliphatic carboxylic acids is 1. The smallest absolute Gasteiger partial charge is 0.322 e. The summed E-state index contributed by atoms with van der Waals surface area (Å²) in [5, 5.41) is 13.0. The predicted octanol–water partition coefficient (Wildman–Crippen LogP) is 0.241. The molecule has 0 aromatic carbocycles. The Morgan fingerprint density at radius 3 is 2.61 bits per heavy atom. The Kier molecular flexibility index (Phi) is 4.85. The third-order valence-electron chi connectivity index (χ3n) is 3.20. The van der Waals surface area contributed by atoms with Gasteiger partial charge in [-0.1, -0.05) is 13.8 Å². The quantitative estimate of drug-likeness (QED) is 0.661. The van der Waals surface area contributed by atoms with Crippen LogP contribution in [-0.4, -0.2) is 45.3 Å². The molecule has 0 aliphatic rings. The summed E-state index contributed by atoms with van der Waals surface area (Å²) in [7, 11) is -2.31. The number of aromatic nitrogens is 4. The van der Waals surface area contributed by atoms with E-state index in [0.717, 1.165) is 0 Å². The summed E-state index contributed by atoms with van der Waals surface area (Å²) in [5.74, 6) is -0.713. The van der Waals surface area contributed by atoms with Gasteiger partial charge >= 0.3 is 5.97 Å². The minimum absolute atomic E-state index is 0.00637. The summed E-state index contributed by atoms with van der Waals surface area (Å²) in [5.41, 5.74) is 0.620. The summed E-state index contributed by atoms with van der Waals surface area (Å²) >= 11 is 0. The average Bonchev–Trinajstić information content (AvgIpc) is 3.07. The van der Waals surface area contributed by atoms with Crippen LogP contribution >= 0.6 is 0 Å². The van der Waals surface area contributed by atoms with Crippen molar-refractivity contribution in [2.24, 2.45) is 7.05 Å². The van der Waals surface area contributed by atoms with E-state index in [4.69, 9.17) is 0 Å². The molecule has 1 unspecified atom stereocenters. The monoisotopic (exact) mass is 341 g/mol. The number of hydrogen-bond donors (Lipinski definition) is 3. The molecule has 0 aliphatic carbocycles. The number of carboxylic acid groups (broad SMARTS) is 1. The van der Waals surface area contributed by atoms with E-state index in [-0.39, 0.29) is 17.4 Å². The number of carboxylic acids is 1. The summed E-state index contributed by atoms with van der Waals surface area (Å²) in [6.07, 6.45) is 4.31. The topological polar surface area (TPSA) is 130 Å². The molecule has 0 fully saturated rings. The molecule has 2 aromatic heterocycles. The molecule has 0 aliphatic heterocycles. The molecule has 1 atom stereocenters. The highest BCUT2D eigenvalue weighted by molar-refractivity contribution is 7.89. The van der Waals surface area contributed by atoms with Crippen molar-refractivity contribution in [2.45, 2.75) is 37.3 Å². The molecule has 10 heteroatoms. The number of rotatable bonds is 7. The van der Waals surface area contributed by atoms with Gasteiger partial charge in [-0.25, -0.2) is 13.4 Å². The number of hydrogen-bond acceptors (Lipinski definition) is 5. The van der Waals surface area contributed by atoms with Crippen LogP contribution in [0.2, 0.25) is 0 Å². The fourth-order valence-corrected chi connectivity index (χ4v) is 3.11. The second-order valence-electron chi connectivity index (χ2n) is 5.53. The van der Waals surface area contributed by atoms with E-state index in [2.05, 4.69) is 19.8 Å². The van der Waals surface area contributed by atoms with Crippen LogP contribution in [0.5, 0.6) is 0 Å². The molecule has 0 radical (unpaired) electrons. The second kappa shape index (κ2) is 6.50. The Hall–Kier alpha value is -2.20. The SMILES string of the molecule is CC(C)c1ncc(S(=O)(=O)NC(Cc2cnn(C)c2)C(=O)O)[nH]1. The molecular formula is C13H19N5O4S. The first-order chi connectivity index (χ1) is 10.7. The lowest BCUT2D eigenvalue weighted by molar-refractivity contribution is -0.138. The van der Waals surface area contributed by atoms with Gasteiger partial charge in [-0.05, 0) is 5.56 Å². The lowest BCUT2D eigenvalue weighted by Crippen LogP contribution is -2.42. The van der Waals surface area contributed by atoms with E-state index >= 15 is 0 Å². The molecule has 0 spiro atoms. The minimum Gasteiger partial charge on any atom is -0.480 e. The predicted molar refractivity (Wildman–Crippen MR) is 81.3 cm³/mol. The number of aromatic amines is 1. The number of H-pyrrole nitrogens is 1. The van der Waals surface area contributed by atoms with Crippen LogP contribution in [0, 0.1) is 0 Å². The van der Waals surface area contributed by atoms with Crippen LogP contribution in [0.3, 0.4) is 0 Å². The third-order valence-corrected chi connectivity index (χ3v) is 4.58. The maximum absolute atomic E-state index is 12.3. The normalized spacial score (nSPS) is 13.4. The van der Waals surface area contributed by atoms with E-state index in [1.54, 1.807) is 13.2 Å². The van der Waals surface area contributed by atoms with Gasteiger partial charge in [0.05, 0.1) is 12.4 Å². The van der Waals surface area contributed by atoms with Crippen LogP contribution in [0.25, 0.3) is 0 Å². The Bertz CT molecular complexity index is 793. The number of sulfonamides is 1. The standard InChI is InChI=1S/C13H19N5O4S/c1-8(2)12-14-6-11(16-12)23(21,22)17-10(13(19)20)4-9-5-15-18(3)7-9/h5-8,10,17H,4H2,1-3H3,(H,14,16)(H,19,20). The van der Waals surface area contributed by atoms with Crippen molar-refractivity contribution in [1.82, 2.24) is 24.5 Å². The molecule has 3 N–H and O–H groups in total. The highest BCUT2D eigenvalue weighted by Crippen LogP contribution is 2.14. The second-order valence-corrected chi connectivity index (χ2v) is 7.21. The highest BCUT2D eigenvalue weighted by Gasteiger charge is 2.27. The summed E-state index contributed by atoms with van der Waals surface area (Å²) in [4.78, 5) is 18.0. The van der Waals surface area contributed by atoms with Gasteiger partial charge < -0.3 is 10.1 Å². The van der Waals surface area contributed by atoms with Crippen LogP contribution in [0.4, 0.5) is 0 Å². The molecule has 0 bridgehead atoms. The van der Waals surface area contributed by atoms with Crippen molar-refractivity contribution >= 4 is 16.0 Å². The number of nitrogens with zero attached hydrogens (tertiary/aromatic N) is 3. The fourth-order valence-electron chi connectivity index (χ4n) is 1.99. The van der Waals surface area contributed by atoms with Crippen molar-refractivity contribution in [3.05, 3.63) is 30.0 Å². The van der Waals surface area contributed by atoms with Gasteiger partial charge in [0.1, 0.15) is 11.9 Å². The maximum atomic E-state index is 12.3. The molecule has 2 aromatic rings. The van der Waals surface area contributed by atoms with Gasteiger partial charge in [0.2, 0.25) is 0 Å². The zero-order valence-corrected chi connectivity index (χ0v) is 13.8. The largest absolute Gasteiger partial charge is 0.480 e. The first-order valence-corrected chi connectivity index (χ1v) is 8.45. The van der Waals surface area contributed by atoms with E-state index in [1.807, 2.05) is 13.8 Å². The van der Waals surface area contributed by atoms with Gasteiger partial charge in [-0.3, -0.25) is 9.48 Å². The first-order valence-electron chi connectivity index (χ1n) is 6.96. The van der Waals surface area contributed by atoms with Crippen LogP contribution in [0.1, 0.15) is 31.2 Å². The fraction of sp³-hybridized carbons (Fsp3) is 0.462.